The highest BCUT2D eigenvalue weighted by Gasteiger charge is 2.39. The summed E-state index contributed by atoms with van der Waals surface area (Å²) in [7, 11) is 1.41. The highest BCUT2D eigenvalue weighted by Crippen LogP contribution is 2.18. The molecule has 0 unspecified atom stereocenters. The van der Waals surface area contributed by atoms with Gasteiger partial charge in [-0.25, -0.2) is 0 Å². The lowest BCUT2D eigenvalue weighted by Crippen LogP contribution is -2.60. The van der Waals surface area contributed by atoms with Gasteiger partial charge in [-0.05, 0) is 19.9 Å². The van der Waals surface area contributed by atoms with Crippen molar-refractivity contribution in [1.29, 1.82) is 0 Å². The zero-order valence-electron chi connectivity index (χ0n) is 5.73. The Morgan fingerprint density at radius 2 is 2.33 bits per heavy atom. The summed E-state index contributed by atoms with van der Waals surface area (Å²) in [4.78, 5) is 10.8. The molecule has 0 aromatic rings. The van der Waals surface area contributed by atoms with E-state index >= 15 is 0 Å². The van der Waals surface area contributed by atoms with E-state index in [0.717, 1.165) is 13.0 Å². The average Bonchev–Trinajstić information content (AvgIpc) is 1.81. The molecule has 1 aliphatic heterocycles. The number of ether oxygens (including phenoxy) is 1. The van der Waals surface area contributed by atoms with Gasteiger partial charge in [0.05, 0.1) is 7.11 Å². The van der Waals surface area contributed by atoms with E-state index in [9.17, 15) is 4.79 Å². The molecule has 1 rings (SSSR count). The zero-order chi connectivity index (χ0) is 6.91. The van der Waals surface area contributed by atoms with Gasteiger partial charge in [0.15, 0.2) is 0 Å². The molecule has 0 bridgehead atoms. The van der Waals surface area contributed by atoms with Crippen molar-refractivity contribution in [2.45, 2.75) is 18.9 Å². The summed E-state index contributed by atoms with van der Waals surface area (Å²) >= 11 is 0. The Kier molecular flexibility index (Phi) is 1.45. The molecule has 0 amide bonds. The third kappa shape index (κ3) is 0.920. The van der Waals surface area contributed by atoms with Gasteiger partial charge in [0, 0.05) is 0 Å². The Morgan fingerprint density at radius 3 is 2.44 bits per heavy atom. The zero-order valence-corrected chi connectivity index (χ0v) is 5.73. The van der Waals surface area contributed by atoms with E-state index in [2.05, 4.69) is 10.1 Å². The van der Waals surface area contributed by atoms with Gasteiger partial charge in [-0.3, -0.25) is 4.79 Å². The second-order valence-electron chi connectivity index (χ2n) is 2.50. The highest BCUT2D eigenvalue weighted by molar-refractivity contribution is 5.81. The van der Waals surface area contributed by atoms with Crippen LogP contribution in [0.2, 0.25) is 0 Å². The minimum Gasteiger partial charge on any atom is -0.468 e. The molecule has 0 saturated carbocycles. The molecule has 0 spiro atoms. The molecule has 52 valence electrons. The van der Waals surface area contributed by atoms with E-state index in [4.69, 9.17) is 0 Å². The molecule has 0 aromatic heterocycles. The van der Waals surface area contributed by atoms with Crippen LogP contribution in [0.4, 0.5) is 0 Å². The lowest BCUT2D eigenvalue weighted by Gasteiger charge is -2.36. The molecule has 0 radical (unpaired) electrons. The van der Waals surface area contributed by atoms with E-state index < -0.39 is 0 Å². The van der Waals surface area contributed by atoms with Crippen molar-refractivity contribution in [1.82, 2.24) is 5.32 Å². The van der Waals surface area contributed by atoms with Crippen molar-refractivity contribution in [3.8, 4) is 0 Å². The SMILES string of the molecule is COC(=O)[C@]1(C)CCN1. The number of methoxy groups -OCH3 is 1. The molecular formula is C6H11NO2. The van der Waals surface area contributed by atoms with Crippen LogP contribution in [0.15, 0.2) is 0 Å². The molecule has 1 heterocycles. The molecule has 1 aliphatic rings. The van der Waals surface area contributed by atoms with E-state index in [-0.39, 0.29) is 11.5 Å². The van der Waals surface area contributed by atoms with Crippen LogP contribution in [0, 0.1) is 0 Å². The van der Waals surface area contributed by atoms with Gasteiger partial charge in [0.2, 0.25) is 0 Å². The summed E-state index contributed by atoms with van der Waals surface area (Å²) in [5.41, 5.74) is -0.380. The fourth-order valence-corrected chi connectivity index (χ4v) is 0.899. The van der Waals surface area contributed by atoms with Gasteiger partial charge in [-0.15, -0.1) is 0 Å². The Balaban J connectivity index is 2.49. The molecule has 3 nitrogen and oxygen atoms in total. The maximum Gasteiger partial charge on any atom is 0.325 e. The number of esters is 1. The number of nitrogens with one attached hydrogen (secondary N) is 1. The van der Waals surface area contributed by atoms with E-state index in [0.29, 0.717) is 0 Å². The standard InChI is InChI=1S/C6H11NO2/c1-6(3-4-7-6)5(8)9-2/h7H,3-4H2,1-2H3/t6-/m0/s1. The van der Waals surface area contributed by atoms with Crippen LogP contribution < -0.4 is 5.32 Å². The topological polar surface area (TPSA) is 38.3 Å². The molecule has 1 atom stereocenters. The number of hydrogen-bond acceptors (Lipinski definition) is 3. The Hall–Kier alpha value is -0.570. The van der Waals surface area contributed by atoms with Crippen molar-refractivity contribution in [2.75, 3.05) is 13.7 Å². The van der Waals surface area contributed by atoms with Gasteiger partial charge >= 0.3 is 5.97 Å². The van der Waals surface area contributed by atoms with Crippen LogP contribution in [-0.2, 0) is 9.53 Å². The molecule has 9 heavy (non-hydrogen) atoms. The van der Waals surface area contributed by atoms with Gasteiger partial charge in [-0.2, -0.15) is 0 Å². The molecule has 0 aliphatic carbocycles. The van der Waals surface area contributed by atoms with Gasteiger partial charge in [-0.1, -0.05) is 0 Å². The normalized spacial score (nSPS) is 33.1. The number of carbonyl (C=O) groups excluding carboxylic acids is 1. The number of carbonyl (C=O) groups is 1. The molecule has 1 fully saturated rings. The van der Waals surface area contributed by atoms with Crippen LogP contribution in [0.3, 0.4) is 0 Å². The van der Waals surface area contributed by atoms with Crippen LogP contribution in [-0.4, -0.2) is 25.2 Å². The first-order valence-electron chi connectivity index (χ1n) is 3.02. The molecule has 1 saturated heterocycles. The van der Waals surface area contributed by atoms with Gasteiger partial charge in [0.1, 0.15) is 5.54 Å². The van der Waals surface area contributed by atoms with Gasteiger partial charge < -0.3 is 10.1 Å². The van der Waals surface area contributed by atoms with Crippen LogP contribution in [0.1, 0.15) is 13.3 Å². The monoisotopic (exact) mass is 129 g/mol. The lowest BCUT2D eigenvalue weighted by atomic mass is 9.91. The summed E-state index contributed by atoms with van der Waals surface area (Å²) in [6.07, 6.45) is 0.889. The summed E-state index contributed by atoms with van der Waals surface area (Å²) < 4.78 is 4.56. The van der Waals surface area contributed by atoms with Crippen LogP contribution in [0.25, 0.3) is 0 Å². The van der Waals surface area contributed by atoms with Crippen LogP contribution in [0.5, 0.6) is 0 Å². The molecule has 0 aromatic carbocycles. The van der Waals surface area contributed by atoms with Crippen molar-refractivity contribution >= 4 is 5.97 Å². The van der Waals surface area contributed by atoms with E-state index in [1.807, 2.05) is 6.92 Å². The van der Waals surface area contributed by atoms with E-state index in [1.165, 1.54) is 7.11 Å². The van der Waals surface area contributed by atoms with Crippen molar-refractivity contribution < 1.29 is 9.53 Å². The molecule has 3 heteroatoms. The van der Waals surface area contributed by atoms with Crippen LogP contribution >= 0.6 is 0 Å². The highest BCUT2D eigenvalue weighted by atomic mass is 16.5. The quantitative estimate of drug-likeness (QED) is 0.503. The van der Waals surface area contributed by atoms with Crippen molar-refractivity contribution in [2.24, 2.45) is 0 Å². The first-order valence-corrected chi connectivity index (χ1v) is 3.02. The number of hydrogen-bond donors (Lipinski definition) is 1. The third-order valence-electron chi connectivity index (χ3n) is 1.78. The Labute approximate surface area is 54.4 Å². The fraction of sp³-hybridized carbons (Fsp3) is 0.833. The second kappa shape index (κ2) is 1.99. The predicted molar refractivity (Wildman–Crippen MR) is 33.0 cm³/mol. The minimum absolute atomic E-state index is 0.159. The molecule has 1 N–H and O–H groups in total. The largest absolute Gasteiger partial charge is 0.468 e. The number of rotatable bonds is 1. The smallest absolute Gasteiger partial charge is 0.325 e. The Bertz CT molecular complexity index is 129. The average molecular weight is 129 g/mol. The first-order chi connectivity index (χ1) is 4.19. The second-order valence-corrected chi connectivity index (χ2v) is 2.50. The summed E-state index contributed by atoms with van der Waals surface area (Å²) in [6.45, 7) is 2.77. The predicted octanol–water partition coefficient (Wildman–Crippen LogP) is -0.0886. The van der Waals surface area contributed by atoms with E-state index in [1.54, 1.807) is 0 Å². The summed E-state index contributed by atoms with van der Waals surface area (Å²) in [6, 6.07) is 0. The summed E-state index contributed by atoms with van der Waals surface area (Å²) in [5.74, 6) is -0.159. The van der Waals surface area contributed by atoms with Crippen molar-refractivity contribution in [3.63, 3.8) is 0 Å². The van der Waals surface area contributed by atoms with Crippen molar-refractivity contribution in [3.05, 3.63) is 0 Å². The third-order valence-corrected chi connectivity index (χ3v) is 1.78. The lowest BCUT2D eigenvalue weighted by molar-refractivity contribution is -0.150. The maximum atomic E-state index is 10.8. The fourth-order valence-electron chi connectivity index (χ4n) is 0.899. The minimum atomic E-state index is -0.380. The Morgan fingerprint density at radius 1 is 1.78 bits per heavy atom. The maximum absolute atomic E-state index is 10.8. The molecular weight excluding hydrogens is 118 g/mol. The first kappa shape index (κ1) is 6.55. The van der Waals surface area contributed by atoms with Gasteiger partial charge in [0.25, 0.3) is 0 Å². The summed E-state index contributed by atoms with van der Waals surface area (Å²) in [5, 5.41) is 3.00.